The standard InChI is InChI=1S/C24H24O7/c1-24(2)23-22(30-23)19-14(31-24)6-5-12-20(27-4)18-13-8-15(26-3)11(9-25)7-16(13)28-10-17(18)29-21(12)19/h5-8,17,22-23,25H,9-10H2,1-4H3/t17-,22?,23?/m1/s1. The van der Waals surface area contributed by atoms with Crippen LogP contribution < -0.4 is 18.9 Å². The molecule has 31 heavy (non-hydrogen) atoms. The van der Waals surface area contributed by atoms with Gasteiger partial charge in [0.05, 0.1) is 32.0 Å². The fraction of sp³-hybridized carbons (Fsp3) is 0.417. The molecule has 6 rings (SSSR count). The Morgan fingerprint density at radius 1 is 1.10 bits per heavy atom. The topological polar surface area (TPSA) is 78.9 Å². The summed E-state index contributed by atoms with van der Waals surface area (Å²) in [5.74, 6) is 3.52. The summed E-state index contributed by atoms with van der Waals surface area (Å²) in [5, 5.41) is 9.67. The molecule has 2 aromatic carbocycles. The third-order valence-corrected chi connectivity index (χ3v) is 6.50. The van der Waals surface area contributed by atoms with Crippen molar-refractivity contribution in [3.05, 3.63) is 46.5 Å². The number of hydrogen-bond donors (Lipinski definition) is 1. The Kier molecular flexibility index (Phi) is 3.83. The second-order valence-electron chi connectivity index (χ2n) is 8.72. The maximum atomic E-state index is 9.67. The summed E-state index contributed by atoms with van der Waals surface area (Å²) in [7, 11) is 3.25. The molecule has 1 saturated heterocycles. The minimum absolute atomic E-state index is 0.0102. The predicted molar refractivity (Wildman–Crippen MR) is 111 cm³/mol. The Morgan fingerprint density at radius 2 is 1.94 bits per heavy atom. The van der Waals surface area contributed by atoms with Gasteiger partial charge in [-0.15, -0.1) is 0 Å². The van der Waals surface area contributed by atoms with Crippen molar-refractivity contribution in [2.75, 3.05) is 20.8 Å². The Hall–Kier alpha value is -2.90. The maximum absolute atomic E-state index is 9.67. The number of fused-ring (bicyclic) bond motifs is 8. The smallest absolute Gasteiger partial charge is 0.162 e. The zero-order chi connectivity index (χ0) is 21.5. The molecule has 3 atom stereocenters. The van der Waals surface area contributed by atoms with Crippen molar-refractivity contribution >= 4 is 11.3 Å². The molecule has 0 amide bonds. The number of hydrogen-bond acceptors (Lipinski definition) is 7. The first kappa shape index (κ1) is 18.8. The summed E-state index contributed by atoms with van der Waals surface area (Å²) in [5.41, 5.74) is 3.84. The van der Waals surface area contributed by atoms with E-state index in [1.165, 1.54) is 0 Å². The molecule has 0 aromatic heterocycles. The molecule has 7 heteroatoms. The summed E-state index contributed by atoms with van der Waals surface area (Å²) in [6.07, 6.45) is -0.383. The van der Waals surface area contributed by atoms with Gasteiger partial charge in [0.1, 0.15) is 53.2 Å². The molecule has 1 fully saturated rings. The van der Waals surface area contributed by atoms with Crippen molar-refractivity contribution in [1.29, 1.82) is 0 Å². The van der Waals surface area contributed by atoms with Gasteiger partial charge in [-0.1, -0.05) is 0 Å². The Labute approximate surface area is 180 Å². The number of aliphatic hydroxyl groups excluding tert-OH is 1. The zero-order valence-corrected chi connectivity index (χ0v) is 17.9. The third-order valence-electron chi connectivity index (χ3n) is 6.50. The van der Waals surface area contributed by atoms with E-state index in [-0.39, 0.29) is 30.5 Å². The van der Waals surface area contributed by atoms with Crippen LogP contribution in [0.5, 0.6) is 23.0 Å². The van der Waals surface area contributed by atoms with Crippen LogP contribution in [-0.4, -0.2) is 43.7 Å². The van der Waals surface area contributed by atoms with E-state index < -0.39 is 0 Å². The van der Waals surface area contributed by atoms with Gasteiger partial charge in [-0.2, -0.15) is 0 Å². The molecule has 0 aliphatic carbocycles. The molecular weight excluding hydrogens is 400 g/mol. The SMILES string of the molecule is COC1=C2c3cc(OC)c(CO)cc3OC[C@H]2Oc2c1ccc1c2C2OC2C(C)(C)O1. The van der Waals surface area contributed by atoms with Gasteiger partial charge in [-0.3, -0.25) is 0 Å². The van der Waals surface area contributed by atoms with Gasteiger partial charge in [0.2, 0.25) is 0 Å². The summed E-state index contributed by atoms with van der Waals surface area (Å²) in [6, 6.07) is 7.63. The van der Waals surface area contributed by atoms with E-state index in [0.29, 0.717) is 23.7 Å². The molecule has 2 aromatic rings. The lowest BCUT2D eigenvalue weighted by Gasteiger charge is -2.37. The van der Waals surface area contributed by atoms with Gasteiger partial charge in [0.25, 0.3) is 0 Å². The van der Waals surface area contributed by atoms with Gasteiger partial charge >= 0.3 is 0 Å². The van der Waals surface area contributed by atoms with Crippen LogP contribution in [0.1, 0.15) is 42.2 Å². The predicted octanol–water partition coefficient (Wildman–Crippen LogP) is 3.47. The fourth-order valence-corrected chi connectivity index (χ4v) is 4.98. The van der Waals surface area contributed by atoms with Crippen molar-refractivity contribution in [2.45, 2.75) is 44.4 Å². The lowest BCUT2D eigenvalue weighted by Crippen LogP contribution is -2.39. The second-order valence-corrected chi connectivity index (χ2v) is 8.72. The molecular formula is C24H24O7. The number of ether oxygens (including phenoxy) is 6. The zero-order valence-electron chi connectivity index (χ0n) is 17.9. The number of methoxy groups -OCH3 is 2. The average molecular weight is 424 g/mol. The lowest BCUT2D eigenvalue weighted by atomic mass is 9.87. The molecule has 0 saturated carbocycles. The van der Waals surface area contributed by atoms with Crippen LogP contribution in [0.25, 0.3) is 11.3 Å². The van der Waals surface area contributed by atoms with Crippen LogP contribution >= 0.6 is 0 Å². The first-order valence-corrected chi connectivity index (χ1v) is 10.4. The van der Waals surface area contributed by atoms with E-state index in [4.69, 9.17) is 28.4 Å². The van der Waals surface area contributed by atoms with Crippen LogP contribution in [-0.2, 0) is 16.1 Å². The number of aliphatic hydroxyl groups is 1. The van der Waals surface area contributed by atoms with Gasteiger partial charge in [-0.25, -0.2) is 0 Å². The molecule has 4 heterocycles. The van der Waals surface area contributed by atoms with Crippen molar-refractivity contribution in [2.24, 2.45) is 0 Å². The van der Waals surface area contributed by atoms with Crippen LogP contribution in [0.15, 0.2) is 24.3 Å². The van der Waals surface area contributed by atoms with Crippen LogP contribution in [0.4, 0.5) is 0 Å². The molecule has 4 aliphatic heterocycles. The maximum Gasteiger partial charge on any atom is 0.162 e. The number of epoxide rings is 1. The first-order chi connectivity index (χ1) is 15.0. The highest BCUT2D eigenvalue weighted by molar-refractivity contribution is 5.96. The van der Waals surface area contributed by atoms with Crippen molar-refractivity contribution in [3.8, 4) is 23.0 Å². The Morgan fingerprint density at radius 3 is 2.68 bits per heavy atom. The normalized spacial score (nSPS) is 26.0. The molecule has 7 nitrogen and oxygen atoms in total. The first-order valence-electron chi connectivity index (χ1n) is 10.4. The Bertz CT molecular complexity index is 1130. The highest BCUT2D eigenvalue weighted by Crippen LogP contribution is 2.59. The van der Waals surface area contributed by atoms with Crippen LogP contribution in [0, 0.1) is 0 Å². The van der Waals surface area contributed by atoms with E-state index in [1.807, 2.05) is 38.1 Å². The molecule has 4 aliphatic rings. The lowest BCUT2D eigenvalue weighted by molar-refractivity contribution is 0.0714. The van der Waals surface area contributed by atoms with Crippen LogP contribution in [0.3, 0.4) is 0 Å². The molecule has 2 unspecified atom stereocenters. The monoisotopic (exact) mass is 424 g/mol. The minimum atomic E-state index is -0.375. The third kappa shape index (κ3) is 2.53. The van der Waals surface area contributed by atoms with Gasteiger partial charge in [0, 0.05) is 16.7 Å². The number of benzene rings is 2. The highest BCUT2D eigenvalue weighted by atomic mass is 16.6. The average Bonchev–Trinajstić information content (AvgIpc) is 3.57. The number of rotatable bonds is 3. The van der Waals surface area contributed by atoms with E-state index in [1.54, 1.807) is 14.2 Å². The molecule has 162 valence electrons. The quantitative estimate of drug-likeness (QED) is 0.756. The largest absolute Gasteiger partial charge is 0.496 e. The minimum Gasteiger partial charge on any atom is -0.496 e. The summed E-state index contributed by atoms with van der Waals surface area (Å²) < 4.78 is 36.1. The van der Waals surface area contributed by atoms with E-state index in [9.17, 15) is 5.11 Å². The summed E-state index contributed by atoms with van der Waals surface area (Å²) >= 11 is 0. The molecule has 1 N–H and O–H groups in total. The Balaban J connectivity index is 1.55. The van der Waals surface area contributed by atoms with E-state index in [0.717, 1.165) is 39.5 Å². The van der Waals surface area contributed by atoms with Crippen molar-refractivity contribution in [3.63, 3.8) is 0 Å². The van der Waals surface area contributed by atoms with Crippen molar-refractivity contribution in [1.82, 2.24) is 0 Å². The van der Waals surface area contributed by atoms with Gasteiger partial charge in [0.15, 0.2) is 6.10 Å². The molecule has 0 radical (unpaired) electrons. The highest BCUT2D eigenvalue weighted by Gasteiger charge is 2.58. The van der Waals surface area contributed by atoms with Gasteiger partial charge < -0.3 is 33.5 Å². The van der Waals surface area contributed by atoms with Gasteiger partial charge in [-0.05, 0) is 38.1 Å². The molecule has 0 bridgehead atoms. The van der Waals surface area contributed by atoms with Crippen molar-refractivity contribution < 1.29 is 33.5 Å². The van der Waals surface area contributed by atoms with E-state index >= 15 is 0 Å². The fourth-order valence-electron chi connectivity index (χ4n) is 4.98. The van der Waals surface area contributed by atoms with Crippen LogP contribution in [0.2, 0.25) is 0 Å². The molecule has 0 spiro atoms. The second kappa shape index (κ2) is 6.31. The summed E-state index contributed by atoms with van der Waals surface area (Å²) in [6.45, 7) is 4.28. The van der Waals surface area contributed by atoms with E-state index in [2.05, 4.69) is 0 Å². The summed E-state index contributed by atoms with van der Waals surface area (Å²) in [4.78, 5) is 0.